The van der Waals surface area contributed by atoms with Gasteiger partial charge in [0.25, 0.3) is 5.91 Å². The van der Waals surface area contributed by atoms with Crippen LogP contribution >= 0.6 is 11.6 Å². The number of carbonyl (C=O) groups excluding carboxylic acids is 2. The Labute approximate surface area is 188 Å². The molecule has 2 aromatic rings. The molecule has 1 atom stereocenters. The molecule has 0 spiro atoms. The van der Waals surface area contributed by atoms with Gasteiger partial charge in [0.1, 0.15) is 5.75 Å². The van der Waals surface area contributed by atoms with Gasteiger partial charge in [0.2, 0.25) is 5.91 Å². The predicted molar refractivity (Wildman–Crippen MR) is 123 cm³/mol. The van der Waals surface area contributed by atoms with Crippen LogP contribution in [0, 0.1) is 12.8 Å². The lowest BCUT2D eigenvalue weighted by Gasteiger charge is -2.30. The molecule has 2 aromatic carbocycles. The molecule has 1 aliphatic rings. The summed E-state index contributed by atoms with van der Waals surface area (Å²) in [4.78, 5) is 26.1. The van der Waals surface area contributed by atoms with Crippen LogP contribution in [-0.2, 0) is 16.0 Å². The summed E-state index contributed by atoms with van der Waals surface area (Å²) in [6, 6.07) is 13.3. The van der Waals surface area contributed by atoms with Crippen molar-refractivity contribution in [3.63, 3.8) is 0 Å². The first-order valence-electron chi connectivity index (χ1n) is 10.7. The summed E-state index contributed by atoms with van der Waals surface area (Å²) in [7, 11) is 0. The molecule has 3 rings (SSSR count). The quantitative estimate of drug-likeness (QED) is 0.650. The van der Waals surface area contributed by atoms with E-state index in [0.29, 0.717) is 10.8 Å². The van der Waals surface area contributed by atoms with Crippen LogP contribution in [-0.4, -0.2) is 42.5 Å². The minimum absolute atomic E-state index is 0.0208. The fraction of sp³-hybridized carbons (Fsp3) is 0.417. The van der Waals surface area contributed by atoms with E-state index in [2.05, 4.69) is 10.2 Å². The number of carbonyl (C=O) groups is 2. The molecule has 1 fully saturated rings. The average molecular weight is 444 g/mol. The highest BCUT2D eigenvalue weighted by Crippen LogP contribution is 2.26. The van der Waals surface area contributed by atoms with Crippen molar-refractivity contribution >= 4 is 29.1 Å². The van der Waals surface area contributed by atoms with Crippen molar-refractivity contribution in [3.05, 3.63) is 58.6 Å². The number of primary amides is 1. The molecule has 7 heteroatoms. The molecule has 1 saturated heterocycles. The maximum Gasteiger partial charge on any atom is 0.265 e. The minimum Gasteiger partial charge on any atom is -0.479 e. The molecule has 0 radical (unpaired) electrons. The number of benzene rings is 2. The molecule has 6 nitrogen and oxygen atoms in total. The van der Waals surface area contributed by atoms with E-state index in [0.717, 1.165) is 50.1 Å². The summed E-state index contributed by atoms with van der Waals surface area (Å²) in [5.74, 6) is 0.105. The molecular weight excluding hydrogens is 414 g/mol. The maximum atomic E-state index is 12.5. The topological polar surface area (TPSA) is 84.7 Å². The number of hydrogen-bond donors (Lipinski definition) is 2. The lowest BCUT2D eigenvalue weighted by atomic mass is 9.96. The van der Waals surface area contributed by atoms with Crippen molar-refractivity contribution in [1.29, 1.82) is 0 Å². The number of likely N-dealkylation sites (tertiary alicyclic amines) is 1. The smallest absolute Gasteiger partial charge is 0.265 e. The van der Waals surface area contributed by atoms with Crippen LogP contribution in [0.25, 0.3) is 0 Å². The Morgan fingerprint density at radius 3 is 2.52 bits per heavy atom. The number of halogens is 1. The molecule has 2 amide bonds. The zero-order chi connectivity index (χ0) is 22.4. The predicted octanol–water partition coefficient (Wildman–Crippen LogP) is 3.79. The van der Waals surface area contributed by atoms with Crippen LogP contribution in [0.15, 0.2) is 42.5 Å². The van der Waals surface area contributed by atoms with Crippen molar-refractivity contribution in [2.75, 3.05) is 25.0 Å². The summed E-state index contributed by atoms with van der Waals surface area (Å²) < 4.78 is 5.73. The van der Waals surface area contributed by atoms with Crippen LogP contribution in [0.1, 0.15) is 30.9 Å². The second kappa shape index (κ2) is 10.6. The van der Waals surface area contributed by atoms with Gasteiger partial charge in [0, 0.05) is 18.2 Å². The van der Waals surface area contributed by atoms with Gasteiger partial charge in [-0.25, -0.2) is 0 Å². The third-order valence-corrected chi connectivity index (χ3v) is 6.00. The standard InChI is InChI=1S/C24H30ClN3O3/c1-16-3-8-21(25)22(15-16)31-17(2)24(30)27-20-6-4-18(5-7-20)9-12-28-13-10-19(11-14-28)23(26)29/h3-8,15,17,19H,9-14H2,1-2H3,(H2,26,29)(H,27,30). The zero-order valence-corrected chi connectivity index (χ0v) is 18.8. The molecule has 3 N–H and O–H groups in total. The third kappa shape index (κ3) is 6.71. The van der Waals surface area contributed by atoms with Crippen LogP contribution in [0.3, 0.4) is 0 Å². The highest BCUT2D eigenvalue weighted by Gasteiger charge is 2.22. The largest absolute Gasteiger partial charge is 0.479 e. The van der Waals surface area contributed by atoms with Gasteiger partial charge >= 0.3 is 0 Å². The fourth-order valence-electron chi connectivity index (χ4n) is 3.67. The highest BCUT2D eigenvalue weighted by molar-refractivity contribution is 6.32. The van der Waals surface area contributed by atoms with Gasteiger partial charge in [0.15, 0.2) is 6.10 Å². The summed E-state index contributed by atoms with van der Waals surface area (Å²) in [6.07, 6.45) is 1.92. The van der Waals surface area contributed by atoms with Crippen molar-refractivity contribution < 1.29 is 14.3 Å². The van der Waals surface area contributed by atoms with E-state index in [9.17, 15) is 9.59 Å². The van der Waals surface area contributed by atoms with E-state index >= 15 is 0 Å². The van der Waals surface area contributed by atoms with Gasteiger partial charge < -0.3 is 20.7 Å². The molecule has 1 unspecified atom stereocenters. The number of nitrogens with two attached hydrogens (primary N) is 1. The van der Waals surface area contributed by atoms with Crippen LogP contribution in [0.2, 0.25) is 5.02 Å². The molecule has 166 valence electrons. The highest BCUT2D eigenvalue weighted by atomic mass is 35.5. The van der Waals surface area contributed by atoms with Gasteiger partial charge in [-0.3, -0.25) is 9.59 Å². The van der Waals surface area contributed by atoms with Crippen LogP contribution < -0.4 is 15.8 Å². The van der Waals surface area contributed by atoms with Crippen molar-refractivity contribution in [1.82, 2.24) is 4.90 Å². The molecule has 0 aliphatic carbocycles. The summed E-state index contributed by atoms with van der Waals surface area (Å²) in [6.45, 7) is 6.40. The van der Waals surface area contributed by atoms with E-state index in [1.807, 2.05) is 43.3 Å². The Morgan fingerprint density at radius 1 is 1.19 bits per heavy atom. The lowest BCUT2D eigenvalue weighted by Crippen LogP contribution is -2.39. The first-order chi connectivity index (χ1) is 14.8. The number of ether oxygens (including phenoxy) is 1. The Bertz CT molecular complexity index is 909. The second-order valence-electron chi connectivity index (χ2n) is 8.15. The fourth-order valence-corrected chi connectivity index (χ4v) is 3.83. The van der Waals surface area contributed by atoms with Crippen molar-refractivity contribution in [3.8, 4) is 5.75 Å². The number of piperidine rings is 1. The van der Waals surface area contributed by atoms with E-state index in [1.54, 1.807) is 13.0 Å². The monoisotopic (exact) mass is 443 g/mol. The van der Waals surface area contributed by atoms with Gasteiger partial charge in [0.05, 0.1) is 5.02 Å². The molecule has 31 heavy (non-hydrogen) atoms. The Morgan fingerprint density at radius 2 is 1.87 bits per heavy atom. The Kier molecular flexibility index (Phi) is 7.93. The molecule has 1 aliphatic heterocycles. The number of anilines is 1. The Hall–Kier alpha value is -2.57. The summed E-state index contributed by atoms with van der Waals surface area (Å²) in [5, 5.41) is 3.36. The SMILES string of the molecule is Cc1ccc(Cl)c(OC(C)C(=O)Nc2ccc(CCN3CCC(C(N)=O)CC3)cc2)c1. The maximum absolute atomic E-state index is 12.5. The molecule has 1 heterocycles. The number of aryl methyl sites for hydroxylation is 1. The van der Waals surface area contributed by atoms with Crippen LogP contribution in [0.5, 0.6) is 5.75 Å². The number of amides is 2. The molecule has 0 bridgehead atoms. The normalized spacial score (nSPS) is 16.0. The number of rotatable bonds is 8. The zero-order valence-electron chi connectivity index (χ0n) is 18.1. The van der Waals surface area contributed by atoms with E-state index in [-0.39, 0.29) is 17.7 Å². The van der Waals surface area contributed by atoms with E-state index < -0.39 is 6.10 Å². The third-order valence-electron chi connectivity index (χ3n) is 5.69. The average Bonchev–Trinajstić information content (AvgIpc) is 2.76. The number of hydrogen-bond acceptors (Lipinski definition) is 4. The second-order valence-corrected chi connectivity index (χ2v) is 8.56. The van der Waals surface area contributed by atoms with Gasteiger partial charge in [-0.2, -0.15) is 0 Å². The van der Waals surface area contributed by atoms with Gasteiger partial charge in [-0.15, -0.1) is 0 Å². The van der Waals surface area contributed by atoms with Crippen molar-refractivity contribution in [2.24, 2.45) is 11.7 Å². The summed E-state index contributed by atoms with van der Waals surface area (Å²) in [5.41, 5.74) is 8.33. The lowest BCUT2D eigenvalue weighted by molar-refractivity contribution is -0.123. The first kappa shape index (κ1) is 23.1. The number of nitrogens with zero attached hydrogens (tertiary/aromatic N) is 1. The van der Waals surface area contributed by atoms with E-state index in [4.69, 9.17) is 22.1 Å². The number of nitrogens with one attached hydrogen (secondary N) is 1. The summed E-state index contributed by atoms with van der Waals surface area (Å²) >= 11 is 6.15. The minimum atomic E-state index is -0.678. The molecule has 0 saturated carbocycles. The van der Waals surface area contributed by atoms with Gasteiger partial charge in [-0.1, -0.05) is 29.8 Å². The van der Waals surface area contributed by atoms with E-state index in [1.165, 1.54) is 5.56 Å². The Balaban J connectivity index is 1.46. The van der Waals surface area contributed by atoms with Gasteiger partial charge in [-0.05, 0) is 81.6 Å². The molecule has 0 aromatic heterocycles. The van der Waals surface area contributed by atoms with Crippen molar-refractivity contribution in [2.45, 2.75) is 39.2 Å². The van der Waals surface area contributed by atoms with Crippen LogP contribution in [0.4, 0.5) is 5.69 Å². The first-order valence-corrected chi connectivity index (χ1v) is 11.0. The molecular formula is C24H30ClN3O3.